The number of carbonyl (C=O) groups is 2. The summed E-state index contributed by atoms with van der Waals surface area (Å²) in [4.78, 5) is 34.6. The van der Waals surface area contributed by atoms with Gasteiger partial charge in [0.15, 0.2) is 0 Å². The van der Waals surface area contributed by atoms with E-state index in [0.29, 0.717) is 17.8 Å². The fourth-order valence-electron chi connectivity index (χ4n) is 2.19. The molecule has 0 saturated carbocycles. The van der Waals surface area contributed by atoms with Crippen LogP contribution in [0.2, 0.25) is 0 Å². The monoisotopic (exact) mass is 343 g/mol. The number of nitro benzene ring substituents is 1. The maximum Gasteiger partial charge on any atom is 0.270 e. The van der Waals surface area contributed by atoms with E-state index >= 15 is 0 Å². The third-order valence-corrected chi connectivity index (χ3v) is 3.36. The molecule has 0 heterocycles. The predicted octanol–water partition coefficient (Wildman–Crippen LogP) is 2.61. The first-order valence-electron chi connectivity index (χ1n) is 7.48. The van der Waals surface area contributed by atoms with Crippen LogP contribution in [0.15, 0.2) is 42.5 Å². The van der Waals surface area contributed by atoms with E-state index in [1.54, 1.807) is 25.1 Å². The Hall–Kier alpha value is -3.42. The summed E-state index contributed by atoms with van der Waals surface area (Å²) >= 11 is 0. The van der Waals surface area contributed by atoms with Gasteiger partial charge in [-0.15, -0.1) is 0 Å². The number of nitrogens with one attached hydrogen (secondary N) is 2. The molecule has 8 heteroatoms. The number of anilines is 1. The minimum absolute atomic E-state index is 0.0279. The molecule has 0 aromatic heterocycles. The number of nitro groups is 1. The average molecular weight is 343 g/mol. The van der Waals surface area contributed by atoms with Crippen LogP contribution < -0.4 is 15.4 Å². The van der Waals surface area contributed by atoms with Crippen molar-refractivity contribution < 1.29 is 19.2 Å². The van der Waals surface area contributed by atoms with Crippen molar-refractivity contribution in [3.8, 4) is 5.75 Å². The second-order valence-corrected chi connectivity index (χ2v) is 5.04. The van der Waals surface area contributed by atoms with Crippen molar-refractivity contribution in [2.24, 2.45) is 0 Å². The zero-order chi connectivity index (χ0) is 18.4. The number of amides is 2. The molecular formula is C17H17N3O5. The molecular weight excluding hydrogens is 326 g/mol. The van der Waals surface area contributed by atoms with Crippen molar-refractivity contribution >= 4 is 23.2 Å². The Kier molecular flexibility index (Phi) is 5.67. The number of hydrogen-bond donors (Lipinski definition) is 2. The Bertz CT molecular complexity index is 820. The summed E-state index contributed by atoms with van der Waals surface area (Å²) in [6, 6.07) is 10.1. The maximum absolute atomic E-state index is 12.5. The number of benzene rings is 2. The highest BCUT2D eigenvalue weighted by Gasteiger charge is 2.18. The molecule has 2 rings (SSSR count). The zero-order valence-corrected chi connectivity index (χ0v) is 13.7. The second-order valence-electron chi connectivity index (χ2n) is 5.04. The quantitative estimate of drug-likeness (QED) is 0.619. The summed E-state index contributed by atoms with van der Waals surface area (Å²) in [7, 11) is 1.37. The lowest BCUT2D eigenvalue weighted by atomic mass is 10.1. The van der Waals surface area contributed by atoms with Crippen molar-refractivity contribution in [1.82, 2.24) is 5.32 Å². The zero-order valence-electron chi connectivity index (χ0n) is 13.7. The van der Waals surface area contributed by atoms with E-state index in [2.05, 4.69) is 10.6 Å². The Labute approximate surface area is 144 Å². The summed E-state index contributed by atoms with van der Waals surface area (Å²) < 4.78 is 5.09. The van der Waals surface area contributed by atoms with Gasteiger partial charge < -0.3 is 15.4 Å². The molecule has 0 spiro atoms. The molecule has 2 aromatic rings. The summed E-state index contributed by atoms with van der Waals surface area (Å²) in [6.07, 6.45) is 0. The summed E-state index contributed by atoms with van der Waals surface area (Å²) in [5.74, 6) is -0.622. The third kappa shape index (κ3) is 4.31. The number of rotatable bonds is 6. The predicted molar refractivity (Wildman–Crippen MR) is 92.1 cm³/mol. The first kappa shape index (κ1) is 17.9. The Morgan fingerprint density at radius 1 is 1.16 bits per heavy atom. The van der Waals surface area contributed by atoms with Crippen molar-refractivity contribution in [3.63, 3.8) is 0 Å². The van der Waals surface area contributed by atoms with Gasteiger partial charge in [-0.1, -0.05) is 6.07 Å². The number of non-ortho nitro benzene ring substituents is 1. The minimum Gasteiger partial charge on any atom is -0.496 e. The lowest BCUT2D eigenvalue weighted by Crippen LogP contribution is -2.22. The molecule has 0 aliphatic carbocycles. The van der Waals surface area contributed by atoms with E-state index < -0.39 is 10.8 Å². The van der Waals surface area contributed by atoms with Crippen LogP contribution in [0.25, 0.3) is 0 Å². The summed E-state index contributed by atoms with van der Waals surface area (Å²) in [6.45, 7) is 2.29. The van der Waals surface area contributed by atoms with Crippen LogP contribution in [-0.2, 0) is 0 Å². The van der Waals surface area contributed by atoms with Crippen LogP contribution >= 0.6 is 0 Å². The molecule has 8 nitrogen and oxygen atoms in total. The smallest absolute Gasteiger partial charge is 0.270 e. The van der Waals surface area contributed by atoms with E-state index in [4.69, 9.17) is 4.74 Å². The molecule has 0 atom stereocenters. The van der Waals surface area contributed by atoms with Gasteiger partial charge in [0.1, 0.15) is 5.75 Å². The standard InChI is InChI=1S/C17H17N3O5/c1-3-18-16(21)11-5-4-6-12(9-11)19-17(22)14-10-13(20(23)24)7-8-15(14)25-2/h4-10H,3H2,1-2H3,(H,18,21)(H,19,22). The Morgan fingerprint density at radius 3 is 2.56 bits per heavy atom. The minimum atomic E-state index is -0.591. The van der Waals surface area contributed by atoms with E-state index in [1.165, 1.54) is 25.3 Å². The molecule has 2 aromatic carbocycles. The highest BCUT2D eigenvalue weighted by atomic mass is 16.6. The molecule has 0 radical (unpaired) electrons. The van der Waals surface area contributed by atoms with Crippen LogP contribution in [0.1, 0.15) is 27.6 Å². The second kappa shape index (κ2) is 7.91. The SMILES string of the molecule is CCNC(=O)c1cccc(NC(=O)c2cc([N+](=O)[O-])ccc2OC)c1. The number of carbonyl (C=O) groups excluding carboxylic acids is 2. The van der Waals surface area contributed by atoms with E-state index in [0.717, 1.165) is 6.07 Å². The van der Waals surface area contributed by atoms with Gasteiger partial charge in [-0.3, -0.25) is 19.7 Å². The molecule has 25 heavy (non-hydrogen) atoms. The molecule has 0 aliphatic rings. The van der Waals surface area contributed by atoms with Gasteiger partial charge in [0.2, 0.25) is 0 Å². The third-order valence-electron chi connectivity index (χ3n) is 3.36. The molecule has 0 aliphatic heterocycles. The van der Waals surface area contributed by atoms with Crippen LogP contribution in [0.5, 0.6) is 5.75 Å². The fourth-order valence-corrected chi connectivity index (χ4v) is 2.19. The molecule has 0 fully saturated rings. The lowest BCUT2D eigenvalue weighted by Gasteiger charge is -2.10. The average Bonchev–Trinajstić information content (AvgIpc) is 2.61. The van der Waals surface area contributed by atoms with Gasteiger partial charge in [-0.25, -0.2) is 0 Å². The highest BCUT2D eigenvalue weighted by Crippen LogP contribution is 2.25. The number of nitrogens with zero attached hydrogens (tertiary/aromatic N) is 1. The van der Waals surface area contributed by atoms with Gasteiger partial charge in [0.25, 0.3) is 17.5 Å². The molecule has 2 amide bonds. The normalized spacial score (nSPS) is 10.0. The first-order chi connectivity index (χ1) is 12.0. The molecule has 0 saturated heterocycles. The van der Waals surface area contributed by atoms with Gasteiger partial charge >= 0.3 is 0 Å². The fraction of sp³-hybridized carbons (Fsp3) is 0.176. The van der Waals surface area contributed by atoms with Crippen LogP contribution in [0.4, 0.5) is 11.4 Å². The van der Waals surface area contributed by atoms with Crippen molar-refractivity contribution in [3.05, 3.63) is 63.7 Å². The van der Waals surface area contributed by atoms with Crippen LogP contribution in [0.3, 0.4) is 0 Å². The van der Waals surface area contributed by atoms with Crippen molar-refractivity contribution in [1.29, 1.82) is 0 Å². The van der Waals surface area contributed by atoms with Crippen molar-refractivity contribution in [2.45, 2.75) is 6.92 Å². The highest BCUT2D eigenvalue weighted by molar-refractivity contribution is 6.07. The summed E-state index contributed by atoms with van der Waals surface area (Å²) in [5, 5.41) is 16.2. The van der Waals surface area contributed by atoms with E-state index in [-0.39, 0.29) is 22.9 Å². The van der Waals surface area contributed by atoms with Crippen LogP contribution in [-0.4, -0.2) is 30.4 Å². The van der Waals surface area contributed by atoms with E-state index in [1.807, 2.05) is 0 Å². The molecule has 130 valence electrons. The number of ether oxygens (including phenoxy) is 1. The van der Waals surface area contributed by atoms with Crippen LogP contribution in [0, 0.1) is 10.1 Å². The Morgan fingerprint density at radius 2 is 1.92 bits per heavy atom. The van der Waals surface area contributed by atoms with Gasteiger partial charge in [-0.05, 0) is 31.2 Å². The maximum atomic E-state index is 12.5. The van der Waals surface area contributed by atoms with Gasteiger partial charge in [-0.2, -0.15) is 0 Å². The molecule has 2 N–H and O–H groups in total. The lowest BCUT2D eigenvalue weighted by molar-refractivity contribution is -0.384. The number of hydrogen-bond acceptors (Lipinski definition) is 5. The summed E-state index contributed by atoms with van der Waals surface area (Å²) in [5.41, 5.74) is 0.593. The molecule has 0 unspecified atom stereocenters. The van der Waals surface area contributed by atoms with Gasteiger partial charge in [0.05, 0.1) is 17.6 Å². The largest absolute Gasteiger partial charge is 0.496 e. The van der Waals surface area contributed by atoms with Crippen molar-refractivity contribution in [2.75, 3.05) is 19.0 Å². The van der Waals surface area contributed by atoms with E-state index in [9.17, 15) is 19.7 Å². The topological polar surface area (TPSA) is 111 Å². The Balaban J connectivity index is 2.28. The van der Waals surface area contributed by atoms with Gasteiger partial charge in [0, 0.05) is 29.9 Å². The number of methoxy groups -OCH3 is 1. The molecule has 0 bridgehead atoms. The first-order valence-corrected chi connectivity index (χ1v) is 7.48.